The lowest BCUT2D eigenvalue weighted by Gasteiger charge is -2.65. The summed E-state index contributed by atoms with van der Waals surface area (Å²) in [5, 5.41) is 0. The van der Waals surface area contributed by atoms with E-state index < -0.39 is 0 Å². The molecule has 0 aromatic rings. The quantitative estimate of drug-likeness (QED) is 0.789. The summed E-state index contributed by atoms with van der Waals surface area (Å²) in [6, 6.07) is 2.75. The summed E-state index contributed by atoms with van der Waals surface area (Å²) in [5.74, 6) is 0. The van der Waals surface area contributed by atoms with E-state index >= 15 is 0 Å². The largest absolute Gasteiger partial charge is 0.303 e. The number of likely N-dealkylation sites (tertiary alicyclic amines) is 3. The Morgan fingerprint density at radius 1 is 0.913 bits per heavy atom. The van der Waals surface area contributed by atoms with Gasteiger partial charge >= 0.3 is 0 Å². The fourth-order valence-corrected chi connectivity index (χ4v) is 6.46. The molecule has 3 heteroatoms. The molecule has 130 valence electrons. The van der Waals surface area contributed by atoms with Gasteiger partial charge in [-0.2, -0.15) is 0 Å². The lowest BCUT2D eigenvalue weighted by molar-refractivity contribution is -0.149. The molecule has 3 aliphatic heterocycles. The standard InChI is InChI=1S/C20H35N3/c1-3-19(4-5-19)15-22-8-6-20(7-9-22)11-18(12-20)23-16-10-17(23)14-21(2)13-16/h16-18H,3-15H2,1-2H3. The number of hydrogen-bond donors (Lipinski definition) is 0. The normalized spacial score (nSPS) is 39.9. The Morgan fingerprint density at radius 2 is 1.57 bits per heavy atom. The van der Waals surface area contributed by atoms with Gasteiger partial charge in [-0.1, -0.05) is 6.92 Å². The first-order chi connectivity index (χ1) is 11.1. The molecule has 5 fully saturated rings. The van der Waals surface area contributed by atoms with E-state index in [4.69, 9.17) is 0 Å². The van der Waals surface area contributed by atoms with Gasteiger partial charge in [-0.05, 0) is 82.3 Å². The highest BCUT2D eigenvalue weighted by atomic mass is 15.4. The predicted molar refractivity (Wildman–Crippen MR) is 94.6 cm³/mol. The highest BCUT2D eigenvalue weighted by molar-refractivity contribution is 5.10. The summed E-state index contributed by atoms with van der Waals surface area (Å²) in [5.41, 5.74) is 1.49. The predicted octanol–water partition coefficient (Wildman–Crippen LogP) is 2.81. The summed E-state index contributed by atoms with van der Waals surface area (Å²) in [6.45, 7) is 9.25. The zero-order chi connectivity index (χ0) is 15.7. The van der Waals surface area contributed by atoms with Gasteiger partial charge in [0.05, 0.1) is 0 Å². The Labute approximate surface area is 142 Å². The number of piperidine rings is 2. The van der Waals surface area contributed by atoms with Crippen molar-refractivity contribution in [3.8, 4) is 0 Å². The maximum Gasteiger partial charge on any atom is 0.0244 e. The van der Waals surface area contributed by atoms with Gasteiger partial charge in [0.15, 0.2) is 0 Å². The van der Waals surface area contributed by atoms with Crippen molar-refractivity contribution >= 4 is 0 Å². The van der Waals surface area contributed by atoms with Crippen LogP contribution in [0.25, 0.3) is 0 Å². The van der Waals surface area contributed by atoms with Crippen molar-refractivity contribution in [1.82, 2.24) is 14.7 Å². The molecule has 0 aromatic heterocycles. The first-order valence-electron chi connectivity index (χ1n) is 10.3. The second-order valence-corrected chi connectivity index (χ2v) is 9.90. The summed E-state index contributed by atoms with van der Waals surface area (Å²) >= 11 is 0. The molecule has 2 unspecified atom stereocenters. The Bertz CT molecular complexity index is 444. The molecule has 0 amide bonds. The Balaban J connectivity index is 1.11. The summed E-state index contributed by atoms with van der Waals surface area (Å²) in [4.78, 5) is 8.28. The van der Waals surface area contributed by atoms with Crippen LogP contribution in [0.3, 0.4) is 0 Å². The molecule has 2 aliphatic carbocycles. The molecule has 2 saturated carbocycles. The van der Waals surface area contributed by atoms with E-state index in [1.54, 1.807) is 0 Å². The van der Waals surface area contributed by atoms with Crippen LogP contribution in [0.15, 0.2) is 0 Å². The smallest absolute Gasteiger partial charge is 0.0244 e. The van der Waals surface area contributed by atoms with Crippen LogP contribution >= 0.6 is 0 Å². The number of piperazine rings is 1. The number of rotatable bonds is 4. The van der Waals surface area contributed by atoms with E-state index in [2.05, 4.69) is 28.7 Å². The summed E-state index contributed by atoms with van der Waals surface area (Å²) in [6.07, 6.45) is 11.9. The third-order valence-corrected chi connectivity index (χ3v) is 8.37. The highest BCUT2D eigenvalue weighted by Gasteiger charge is 2.55. The van der Waals surface area contributed by atoms with E-state index in [0.717, 1.165) is 29.0 Å². The van der Waals surface area contributed by atoms with Crippen LogP contribution in [-0.4, -0.2) is 72.6 Å². The van der Waals surface area contributed by atoms with Gasteiger partial charge in [-0.25, -0.2) is 0 Å². The van der Waals surface area contributed by atoms with Gasteiger partial charge in [-0.3, -0.25) is 4.90 Å². The van der Waals surface area contributed by atoms with Crippen LogP contribution in [0.2, 0.25) is 0 Å². The molecule has 2 bridgehead atoms. The van der Waals surface area contributed by atoms with E-state index in [0.29, 0.717) is 0 Å². The van der Waals surface area contributed by atoms with Crippen LogP contribution in [0.1, 0.15) is 58.3 Å². The van der Waals surface area contributed by atoms with Gasteiger partial charge in [0, 0.05) is 37.8 Å². The van der Waals surface area contributed by atoms with Crippen molar-refractivity contribution < 1.29 is 0 Å². The maximum absolute atomic E-state index is 2.92. The van der Waals surface area contributed by atoms with Crippen molar-refractivity contribution in [3.05, 3.63) is 0 Å². The minimum atomic E-state index is 0.744. The SMILES string of the molecule is CCC1(CN2CCC3(CC2)CC(N2C4CC2CN(C)C4)C3)CC1. The van der Waals surface area contributed by atoms with Crippen LogP contribution < -0.4 is 0 Å². The van der Waals surface area contributed by atoms with Gasteiger partial charge in [0.25, 0.3) is 0 Å². The zero-order valence-electron chi connectivity index (χ0n) is 15.3. The average molecular weight is 318 g/mol. The monoisotopic (exact) mass is 317 g/mol. The number of hydrogen-bond acceptors (Lipinski definition) is 3. The second-order valence-electron chi connectivity index (χ2n) is 9.90. The third kappa shape index (κ3) is 2.49. The first-order valence-corrected chi connectivity index (χ1v) is 10.3. The molecule has 5 aliphatic rings. The molecule has 5 rings (SSSR count). The van der Waals surface area contributed by atoms with E-state index in [-0.39, 0.29) is 0 Å². The Kier molecular flexibility index (Phi) is 3.42. The fraction of sp³-hybridized carbons (Fsp3) is 1.00. The van der Waals surface area contributed by atoms with E-state index in [1.165, 1.54) is 84.1 Å². The van der Waals surface area contributed by atoms with Crippen LogP contribution in [-0.2, 0) is 0 Å². The van der Waals surface area contributed by atoms with E-state index in [9.17, 15) is 0 Å². The molecule has 0 N–H and O–H groups in total. The lowest BCUT2D eigenvalue weighted by Crippen LogP contribution is -2.73. The molecule has 3 heterocycles. The average Bonchev–Trinajstić information content (AvgIpc) is 3.27. The van der Waals surface area contributed by atoms with Gasteiger partial charge in [0.2, 0.25) is 0 Å². The fourth-order valence-electron chi connectivity index (χ4n) is 6.46. The van der Waals surface area contributed by atoms with Crippen LogP contribution in [0.4, 0.5) is 0 Å². The van der Waals surface area contributed by atoms with Gasteiger partial charge in [-0.15, -0.1) is 0 Å². The number of fused-ring (bicyclic) bond motifs is 2. The molecular weight excluding hydrogens is 282 g/mol. The van der Waals surface area contributed by atoms with E-state index in [1.807, 2.05) is 0 Å². The minimum absolute atomic E-state index is 0.744. The summed E-state index contributed by atoms with van der Waals surface area (Å²) < 4.78 is 0. The molecular formula is C20H35N3. The number of nitrogens with zero attached hydrogens (tertiary/aromatic N) is 3. The van der Waals surface area contributed by atoms with Crippen molar-refractivity contribution in [1.29, 1.82) is 0 Å². The highest BCUT2D eigenvalue weighted by Crippen LogP contribution is 2.55. The van der Waals surface area contributed by atoms with Crippen molar-refractivity contribution in [3.63, 3.8) is 0 Å². The van der Waals surface area contributed by atoms with Gasteiger partial charge in [0.1, 0.15) is 0 Å². The van der Waals surface area contributed by atoms with Crippen molar-refractivity contribution in [2.24, 2.45) is 10.8 Å². The summed E-state index contributed by atoms with van der Waals surface area (Å²) in [7, 11) is 2.30. The second kappa shape index (κ2) is 5.19. The molecule has 0 aromatic carbocycles. The molecule has 3 saturated heterocycles. The third-order valence-electron chi connectivity index (χ3n) is 8.37. The van der Waals surface area contributed by atoms with Gasteiger partial charge < -0.3 is 9.80 Å². The lowest BCUT2D eigenvalue weighted by atomic mass is 9.58. The Morgan fingerprint density at radius 3 is 2.13 bits per heavy atom. The zero-order valence-corrected chi connectivity index (χ0v) is 15.3. The first kappa shape index (κ1) is 15.2. The Hall–Kier alpha value is -0.120. The maximum atomic E-state index is 2.92. The topological polar surface area (TPSA) is 9.72 Å². The number of likely N-dealkylation sites (N-methyl/N-ethyl adjacent to an activating group) is 1. The molecule has 2 atom stereocenters. The minimum Gasteiger partial charge on any atom is -0.303 e. The molecule has 23 heavy (non-hydrogen) atoms. The van der Waals surface area contributed by atoms with Crippen molar-refractivity contribution in [2.75, 3.05) is 39.8 Å². The molecule has 0 radical (unpaired) electrons. The molecule has 1 spiro atoms. The van der Waals surface area contributed by atoms with Crippen LogP contribution in [0, 0.1) is 10.8 Å². The molecule has 3 nitrogen and oxygen atoms in total. The van der Waals surface area contributed by atoms with Crippen LogP contribution in [0.5, 0.6) is 0 Å². The van der Waals surface area contributed by atoms with Crippen molar-refractivity contribution in [2.45, 2.75) is 76.4 Å².